The Hall–Kier alpha value is -0.505. The molecule has 12 heavy (non-hydrogen) atoms. The highest BCUT2D eigenvalue weighted by Crippen LogP contribution is 2.03. The van der Waals surface area contributed by atoms with Crippen molar-refractivity contribution in [3.63, 3.8) is 0 Å². The monoisotopic (exact) mass is 169 g/mol. The van der Waals surface area contributed by atoms with Crippen molar-refractivity contribution in [2.24, 2.45) is 0 Å². The molecule has 0 rings (SSSR count). The number of rotatable bonds is 4. The van der Waals surface area contributed by atoms with E-state index in [9.17, 15) is 4.79 Å². The number of carboxylic acid groups (broad SMARTS) is 1. The molecule has 0 aromatic carbocycles. The van der Waals surface area contributed by atoms with E-state index in [1.165, 1.54) is 0 Å². The maximum atomic E-state index is 10.2. The molecule has 2 N–H and O–H groups in total. The van der Waals surface area contributed by atoms with Crippen LogP contribution in [0.15, 0.2) is 0 Å². The third-order valence-electron chi connectivity index (χ3n) is 1.29. The highest BCUT2D eigenvalue weighted by molar-refractivity contribution is 6.11. The van der Waals surface area contributed by atoms with Gasteiger partial charge in [-0.3, -0.25) is 4.79 Å². The Morgan fingerprint density at radius 2 is 2.08 bits per heavy atom. The van der Waals surface area contributed by atoms with Crippen LogP contribution >= 0.6 is 0 Å². The molecule has 0 saturated carbocycles. The van der Waals surface area contributed by atoms with Gasteiger partial charge in [-0.1, -0.05) is 0 Å². The molecule has 2 radical (unpaired) electrons. The van der Waals surface area contributed by atoms with Gasteiger partial charge < -0.3 is 10.4 Å². The van der Waals surface area contributed by atoms with Crippen LogP contribution in [0.5, 0.6) is 0 Å². The van der Waals surface area contributed by atoms with Crippen molar-refractivity contribution in [2.45, 2.75) is 45.1 Å². The molecule has 0 spiro atoms. The standard InChI is InChI=1S/C8H16BNO2/c1-8(2,3)10-6(9)4-5-7(11)12/h6,10H,4-5H2,1-3H3,(H,11,12). The minimum Gasteiger partial charge on any atom is -0.481 e. The Morgan fingerprint density at radius 1 is 1.58 bits per heavy atom. The normalized spacial score (nSPS) is 14.2. The molecule has 3 nitrogen and oxygen atoms in total. The first-order valence-corrected chi connectivity index (χ1v) is 4.06. The molecule has 0 saturated heterocycles. The summed E-state index contributed by atoms with van der Waals surface area (Å²) in [6.45, 7) is 5.98. The zero-order valence-corrected chi connectivity index (χ0v) is 7.92. The van der Waals surface area contributed by atoms with E-state index < -0.39 is 5.97 Å². The van der Waals surface area contributed by atoms with Gasteiger partial charge in [0, 0.05) is 12.0 Å². The number of carboxylic acids is 1. The SMILES string of the molecule is [B]C(CCC(=O)O)NC(C)(C)C. The molecule has 4 heteroatoms. The molecule has 0 heterocycles. The lowest BCUT2D eigenvalue weighted by atomic mass is 9.89. The number of aliphatic carboxylic acids is 1. The van der Waals surface area contributed by atoms with Gasteiger partial charge >= 0.3 is 5.97 Å². The topological polar surface area (TPSA) is 49.3 Å². The Bertz CT molecular complexity index is 154. The van der Waals surface area contributed by atoms with Crippen molar-refractivity contribution in [3.8, 4) is 0 Å². The summed E-state index contributed by atoms with van der Waals surface area (Å²) in [5.41, 5.74) is -0.0576. The van der Waals surface area contributed by atoms with Gasteiger partial charge in [-0.25, -0.2) is 0 Å². The first-order chi connectivity index (χ1) is 5.31. The van der Waals surface area contributed by atoms with E-state index in [0.29, 0.717) is 6.42 Å². The highest BCUT2D eigenvalue weighted by atomic mass is 16.4. The quantitative estimate of drug-likeness (QED) is 0.610. The molecule has 0 aliphatic heterocycles. The van der Waals surface area contributed by atoms with Crippen LogP contribution in [0.3, 0.4) is 0 Å². The lowest BCUT2D eigenvalue weighted by Gasteiger charge is -2.26. The van der Waals surface area contributed by atoms with Crippen LogP contribution in [0.2, 0.25) is 0 Å². The van der Waals surface area contributed by atoms with Crippen molar-refractivity contribution >= 4 is 13.8 Å². The smallest absolute Gasteiger partial charge is 0.303 e. The fourth-order valence-electron chi connectivity index (χ4n) is 0.907. The summed E-state index contributed by atoms with van der Waals surface area (Å²) in [5, 5.41) is 11.5. The van der Waals surface area contributed by atoms with Gasteiger partial charge in [0.15, 0.2) is 0 Å². The molecule has 68 valence electrons. The van der Waals surface area contributed by atoms with Gasteiger partial charge in [-0.15, -0.1) is 0 Å². The average molecular weight is 169 g/mol. The van der Waals surface area contributed by atoms with E-state index in [0.717, 1.165) is 0 Å². The molecule has 0 aliphatic carbocycles. The third kappa shape index (κ3) is 7.60. The molecule has 0 aromatic rings. The molecule has 1 atom stereocenters. The van der Waals surface area contributed by atoms with Crippen LogP contribution < -0.4 is 5.32 Å². The minimum absolute atomic E-state index is 0.0576. The first-order valence-electron chi connectivity index (χ1n) is 4.06. The number of hydrogen-bond acceptors (Lipinski definition) is 2. The van der Waals surface area contributed by atoms with Crippen molar-refractivity contribution in [1.82, 2.24) is 5.32 Å². The molecule has 0 fully saturated rings. The Balaban J connectivity index is 3.60. The Kier molecular flexibility index (Phi) is 4.31. The van der Waals surface area contributed by atoms with E-state index in [-0.39, 0.29) is 17.9 Å². The molecule has 1 unspecified atom stereocenters. The van der Waals surface area contributed by atoms with Crippen LogP contribution in [-0.4, -0.2) is 30.4 Å². The number of nitrogens with one attached hydrogen (secondary N) is 1. The average Bonchev–Trinajstić information content (AvgIpc) is 1.79. The second kappa shape index (κ2) is 4.50. The summed E-state index contributed by atoms with van der Waals surface area (Å²) >= 11 is 0. The largest absolute Gasteiger partial charge is 0.481 e. The summed E-state index contributed by atoms with van der Waals surface area (Å²) in [6.07, 6.45) is 0.580. The third-order valence-corrected chi connectivity index (χ3v) is 1.29. The molecule has 0 aromatic heterocycles. The number of carbonyl (C=O) groups is 1. The van der Waals surface area contributed by atoms with Crippen molar-refractivity contribution < 1.29 is 9.90 Å². The molecule has 0 bridgehead atoms. The van der Waals surface area contributed by atoms with Crippen LogP contribution in [0, 0.1) is 0 Å². The Labute approximate surface area is 75.0 Å². The summed E-state index contributed by atoms with van der Waals surface area (Å²) in [7, 11) is 5.63. The maximum Gasteiger partial charge on any atom is 0.303 e. The lowest BCUT2D eigenvalue weighted by Crippen LogP contribution is -2.44. The fraction of sp³-hybridized carbons (Fsp3) is 0.875. The zero-order valence-electron chi connectivity index (χ0n) is 7.92. The summed E-state index contributed by atoms with van der Waals surface area (Å²) < 4.78 is 0. The lowest BCUT2D eigenvalue weighted by molar-refractivity contribution is -0.137. The van der Waals surface area contributed by atoms with Crippen LogP contribution in [0.4, 0.5) is 0 Å². The van der Waals surface area contributed by atoms with E-state index >= 15 is 0 Å². The van der Waals surface area contributed by atoms with E-state index in [4.69, 9.17) is 13.0 Å². The van der Waals surface area contributed by atoms with Crippen molar-refractivity contribution in [1.29, 1.82) is 0 Å². The van der Waals surface area contributed by atoms with E-state index in [1.54, 1.807) is 0 Å². The van der Waals surface area contributed by atoms with Gasteiger partial charge in [0.25, 0.3) is 0 Å². The second-order valence-corrected chi connectivity index (χ2v) is 3.93. The van der Waals surface area contributed by atoms with Crippen LogP contribution in [-0.2, 0) is 4.79 Å². The summed E-state index contributed by atoms with van der Waals surface area (Å²) in [5.74, 6) is -1.04. The van der Waals surface area contributed by atoms with Gasteiger partial charge in [0.05, 0.1) is 7.85 Å². The minimum atomic E-state index is -0.804. The van der Waals surface area contributed by atoms with Gasteiger partial charge in [-0.2, -0.15) is 0 Å². The summed E-state index contributed by atoms with van der Waals surface area (Å²) in [6, 6.07) is 0. The first kappa shape index (κ1) is 11.5. The van der Waals surface area contributed by atoms with Crippen molar-refractivity contribution in [2.75, 3.05) is 0 Å². The predicted octanol–water partition coefficient (Wildman–Crippen LogP) is 0.734. The molecular weight excluding hydrogens is 153 g/mol. The zero-order chi connectivity index (χ0) is 9.78. The highest BCUT2D eigenvalue weighted by Gasteiger charge is 2.13. The van der Waals surface area contributed by atoms with Gasteiger partial charge in [0.2, 0.25) is 0 Å². The Morgan fingerprint density at radius 3 is 2.42 bits per heavy atom. The van der Waals surface area contributed by atoms with Crippen molar-refractivity contribution in [3.05, 3.63) is 0 Å². The van der Waals surface area contributed by atoms with E-state index in [2.05, 4.69) is 5.32 Å². The summed E-state index contributed by atoms with van der Waals surface area (Å²) in [4.78, 5) is 10.2. The van der Waals surface area contributed by atoms with Gasteiger partial charge in [0.1, 0.15) is 0 Å². The second-order valence-electron chi connectivity index (χ2n) is 3.93. The predicted molar refractivity (Wildman–Crippen MR) is 49.3 cm³/mol. The van der Waals surface area contributed by atoms with Gasteiger partial charge in [-0.05, 0) is 33.1 Å². The number of hydrogen-bond donors (Lipinski definition) is 2. The molecule has 0 amide bonds. The van der Waals surface area contributed by atoms with E-state index in [1.807, 2.05) is 20.8 Å². The molecule has 0 aliphatic rings. The maximum absolute atomic E-state index is 10.2. The molecular formula is C8H16BNO2. The fourth-order valence-corrected chi connectivity index (χ4v) is 0.907. The van der Waals surface area contributed by atoms with Crippen LogP contribution in [0.1, 0.15) is 33.6 Å². The van der Waals surface area contributed by atoms with Crippen LogP contribution in [0.25, 0.3) is 0 Å².